The summed E-state index contributed by atoms with van der Waals surface area (Å²) in [5.74, 6) is 0.887. The fourth-order valence-corrected chi connectivity index (χ4v) is 3.52. The lowest BCUT2D eigenvalue weighted by atomic mass is 10.1. The number of para-hydroxylation sites is 1. The zero-order valence-corrected chi connectivity index (χ0v) is 17.4. The van der Waals surface area contributed by atoms with Crippen molar-refractivity contribution in [3.63, 3.8) is 0 Å². The van der Waals surface area contributed by atoms with E-state index < -0.39 is 5.97 Å². The van der Waals surface area contributed by atoms with E-state index in [1.165, 1.54) is 7.11 Å². The zero-order valence-electron chi connectivity index (χ0n) is 17.4. The first kappa shape index (κ1) is 20.4. The van der Waals surface area contributed by atoms with Crippen LogP contribution >= 0.6 is 0 Å². The van der Waals surface area contributed by atoms with Crippen molar-refractivity contribution in [3.8, 4) is 5.69 Å². The number of aryl methyl sites for hydroxylation is 1. The average molecular weight is 417 g/mol. The maximum atomic E-state index is 13.6. The summed E-state index contributed by atoms with van der Waals surface area (Å²) in [5.41, 5.74) is 1.95. The summed E-state index contributed by atoms with van der Waals surface area (Å²) in [5, 5.41) is 3.75. The summed E-state index contributed by atoms with van der Waals surface area (Å²) in [6, 6.07) is 18.3. The van der Waals surface area contributed by atoms with Crippen LogP contribution in [0, 0.1) is 0 Å². The fraction of sp³-hybridized carbons (Fsp3) is 0.208. The Kier molecular flexibility index (Phi) is 5.84. The van der Waals surface area contributed by atoms with Crippen LogP contribution in [0.2, 0.25) is 0 Å². The number of aromatic nitrogens is 2. The number of esters is 1. The van der Waals surface area contributed by atoms with Gasteiger partial charge in [-0.2, -0.15) is 0 Å². The number of rotatable bonds is 7. The molecule has 4 rings (SSSR count). The van der Waals surface area contributed by atoms with Gasteiger partial charge in [-0.25, -0.2) is 9.78 Å². The van der Waals surface area contributed by atoms with Crippen molar-refractivity contribution in [1.82, 2.24) is 9.55 Å². The smallest absolute Gasteiger partial charge is 0.373 e. The molecule has 4 aromatic rings. The molecule has 0 spiro atoms. The number of nitrogens with zero attached hydrogens (tertiary/aromatic N) is 2. The highest BCUT2D eigenvalue weighted by Crippen LogP contribution is 2.22. The van der Waals surface area contributed by atoms with E-state index in [9.17, 15) is 9.59 Å². The number of nitrogens with one attached hydrogen (secondary N) is 1. The second-order valence-corrected chi connectivity index (χ2v) is 7.06. The topological polar surface area (TPSA) is 86.4 Å². The number of hydrogen-bond donors (Lipinski definition) is 1. The highest BCUT2D eigenvalue weighted by molar-refractivity contribution is 5.91. The van der Waals surface area contributed by atoms with Gasteiger partial charge in [0.25, 0.3) is 5.56 Å². The molecule has 158 valence electrons. The first-order valence-electron chi connectivity index (χ1n) is 10.1. The van der Waals surface area contributed by atoms with Crippen LogP contribution in [-0.2, 0) is 17.7 Å². The maximum Gasteiger partial charge on any atom is 0.373 e. The number of hydrogen-bond acceptors (Lipinski definition) is 6. The molecule has 0 atom stereocenters. The Bertz CT molecular complexity index is 1280. The molecule has 0 aliphatic heterocycles. The minimum Gasteiger partial charge on any atom is -0.463 e. The average Bonchev–Trinajstić information content (AvgIpc) is 3.27. The zero-order chi connectivity index (χ0) is 21.8. The molecule has 0 aliphatic carbocycles. The third-order valence-electron chi connectivity index (χ3n) is 4.96. The minimum atomic E-state index is -0.533. The minimum absolute atomic E-state index is 0.127. The highest BCUT2D eigenvalue weighted by atomic mass is 16.5. The van der Waals surface area contributed by atoms with E-state index in [2.05, 4.69) is 17.0 Å². The highest BCUT2D eigenvalue weighted by Gasteiger charge is 2.16. The number of benzene rings is 2. The van der Waals surface area contributed by atoms with Crippen molar-refractivity contribution in [2.75, 3.05) is 12.4 Å². The van der Waals surface area contributed by atoms with Gasteiger partial charge in [-0.1, -0.05) is 31.2 Å². The normalized spacial score (nSPS) is 10.9. The molecule has 0 radical (unpaired) electrons. The summed E-state index contributed by atoms with van der Waals surface area (Å²) in [6.45, 7) is 2.37. The van der Waals surface area contributed by atoms with Gasteiger partial charge >= 0.3 is 5.97 Å². The fourth-order valence-electron chi connectivity index (χ4n) is 3.52. The van der Waals surface area contributed by atoms with E-state index in [1.807, 2.05) is 48.5 Å². The first-order chi connectivity index (χ1) is 15.1. The summed E-state index contributed by atoms with van der Waals surface area (Å²) in [7, 11) is 1.30. The number of anilines is 1. The van der Waals surface area contributed by atoms with Gasteiger partial charge in [0.2, 0.25) is 5.76 Å². The summed E-state index contributed by atoms with van der Waals surface area (Å²) < 4.78 is 11.9. The van der Waals surface area contributed by atoms with Crippen LogP contribution < -0.4 is 10.9 Å². The Labute approximate surface area is 179 Å². The number of carbonyl (C=O) groups is 1. The second kappa shape index (κ2) is 8.87. The molecule has 7 nitrogen and oxygen atoms in total. The van der Waals surface area contributed by atoms with Crippen molar-refractivity contribution in [2.45, 2.75) is 26.3 Å². The number of ether oxygens (including phenoxy) is 1. The van der Waals surface area contributed by atoms with Gasteiger partial charge in [0.1, 0.15) is 11.6 Å². The van der Waals surface area contributed by atoms with Crippen LogP contribution in [0.5, 0.6) is 0 Å². The third kappa shape index (κ3) is 4.07. The molecule has 1 N–H and O–H groups in total. The summed E-state index contributed by atoms with van der Waals surface area (Å²) >= 11 is 0. The largest absolute Gasteiger partial charge is 0.463 e. The standard InChI is InChI=1S/C24H23N3O4/c1-3-8-21-26-19-12-7-11-18(25-15-17-13-14-20(31-17)24(29)30-2)22(19)23(28)27(21)16-9-5-4-6-10-16/h4-7,9-14,25H,3,8,15H2,1-2H3. The van der Waals surface area contributed by atoms with Gasteiger partial charge in [0.05, 0.1) is 30.2 Å². The van der Waals surface area contributed by atoms with E-state index in [-0.39, 0.29) is 11.3 Å². The number of fused-ring (bicyclic) bond motifs is 1. The molecule has 0 unspecified atom stereocenters. The van der Waals surface area contributed by atoms with Gasteiger partial charge in [-0.15, -0.1) is 0 Å². The van der Waals surface area contributed by atoms with Crippen molar-refractivity contribution < 1.29 is 13.9 Å². The molecule has 0 fully saturated rings. The Morgan fingerprint density at radius 2 is 1.90 bits per heavy atom. The molecule has 0 aliphatic rings. The molecule has 0 bridgehead atoms. The molecule has 31 heavy (non-hydrogen) atoms. The molecule has 0 saturated heterocycles. The number of carbonyl (C=O) groups excluding carboxylic acids is 1. The van der Waals surface area contributed by atoms with Crippen LogP contribution in [-0.4, -0.2) is 22.6 Å². The van der Waals surface area contributed by atoms with E-state index in [0.717, 1.165) is 17.9 Å². The molecule has 2 heterocycles. The van der Waals surface area contributed by atoms with Gasteiger partial charge in [0.15, 0.2) is 0 Å². The van der Waals surface area contributed by atoms with Gasteiger partial charge in [0, 0.05) is 12.1 Å². The van der Waals surface area contributed by atoms with Gasteiger partial charge in [-0.05, 0) is 42.8 Å². The van der Waals surface area contributed by atoms with Crippen LogP contribution in [0.1, 0.15) is 35.5 Å². The van der Waals surface area contributed by atoms with Crippen LogP contribution in [0.3, 0.4) is 0 Å². The lowest BCUT2D eigenvalue weighted by Crippen LogP contribution is -2.24. The molecule has 0 amide bonds. The van der Waals surface area contributed by atoms with Crippen molar-refractivity contribution in [3.05, 3.63) is 88.4 Å². The van der Waals surface area contributed by atoms with E-state index in [4.69, 9.17) is 9.40 Å². The predicted molar refractivity (Wildman–Crippen MR) is 119 cm³/mol. The molecule has 7 heteroatoms. The van der Waals surface area contributed by atoms with E-state index >= 15 is 0 Å². The van der Waals surface area contributed by atoms with Crippen LogP contribution in [0.25, 0.3) is 16.6 Å². The quantitative estimate of drug-likeness (QED) is 0.451. The third-order valence-corrected chi connectivity index (χ3v) is 4.96. The van der Waals surface area contributed by atoms with E-state index in [1.54, 1.807) is 16.7 Å². The predicted octanol–water partition coefficient (Wildman–Crippen LogP) is 4.33. The Morgan fingerprint density at radius 3 is 2.65 bits per heavy atom. The lowest BCUT2D eigenvalue weighted by Gasteiger charge is -2.15. The van der Waals surface area contributed by atoms with Gasteiger partial charge < -0.3 is 14.5 Å². The second-order valence-electron chi connectivity index (χ2n) is 7.06. The number of furan rings is 1. The van der Waals surface area contributed by atoms with Crippen molar-refractivity contribution in [1.29, 1.82) is 0 Å². The Morgan fingerprint density at radius 1 is 1.10 bits per heavy atom. The van der Waals surface area contributed by atoms with Crippen LogP contribution in [0.4, 0.5) is 5.69 Å². The van der Waals surface area contributed by atoms with Crippen LogP contribution in [0.15, 0.2) is 69.9 Å². The summed E-state index contributed by atoms with van der Waals surface area (Å²) in [6.07, 6.45) is 1.57. The molecule has 0 saturated carbocycles. The summed E-state index contributed by atoms with van der Waals surface area (Å²) in [4.78, 5) is 30.0. The Hall–Kier alpha value is -3.87. The maximum absolute atomic E-state index is 13.6. The molecule has 2 aromatic carbocycles. The van der Waals surface area contributed by atoms with E-state index in [0.29, 0.717) is 35.3 Å². The monoisotopic (exact) mass is 417 g/mol. The SMILES string of the molecule is CCCc1nc2cccc(NCc3ccc(C(=O)OC)o3)c2c(=O)n1-c1ccccc1. The molecular formula is C24H23N3O4. The number of methoxy groups -OCH3 is 1. The van der Waals surface area contributed by atoms with Crippen molar-refractivity contribution in [2.24, 2.45) is 0 Å². The molecule has 2 aromatic heterocycles. The first-order valence-corrected chi connectivity index (χ1v) is 10.1. The van der Waals surface area contributed by atoms with Crippen molar-refractivity contribution >= 4 is 22.6 Å². The molecular weight excluding hydrogens is 394 g/mol. The lowest BCUT2D eigenvalue weighted by molar-refractivity contribution is 0.0563. The Balaban J connectivity index is 1.76. The van der Waals surface area contributed by atoms with Gasteiger partial charge in [-0.3, -0.25) is 9.36 Å².